The van der Waals surface area contributed by atoms with Gasteiger partial charge in [0.25, 0.3) is 0 Å². The number of carbonyl (C=O) groups is 3. The monoisotopic (exact) mass is 842 g/mol. The number of allylic oxidation sites excluding steroid dienone is 6. The molecule has 0 aromatic carbocycles. The van der Waals surface area contributed by atoms with Gasteiger partial charge in [-0.3, -0.25) is 23.4 Å². The summed E-state index contributed by atoms with van der Waals surface area (Å²) in [6.45, 7) is 2.76. The zero-order chi connectivity index (χ0) is 42.8. The van der Waals surface area contributed by atoms with Crippen molar-refractivity contribution in [3.8, 4) is 0 Å². The molecule has 0 aliphatic carbocycles. The Morgan fingerprint density at radius 1 is 0.534 bits per heavy atom. The molecule has 3 atom stereocenters. The molecule has 0 aliphatic rings. The smallest absolute Gasteiger partial charge is 0.472 e. The largest absolute Gasteiger partial charge is 0.480 e. The van der Waals surface area contributed by atoms with E-state index in [9.17, 15) is 23.8 Å². The lowest BCUT2D eigenvalue weighted by Crippen LogP contribution is -2.34. The highest BCUT2D eigenvalue weighted by Crippen LogP contribution is 2.43. The number of unbranched alkanes of at least 4 members (excludes halogenated alkanes) is 23. The molecule has 0 spiro atoms. The zero-order valence-corrected chi connectivity index (χ0v) is 37.5. The molecular formula is C46H84NO10P. The standard InChI is InChI=1S/C46H84NO10P/c1-3-5-7-9-11-13-15-17-19-20-21-22-24-26-28-30-32-34-36-38-45(49)57-42(40-55-58(52,53)56-41-43(47)46(50)51)39-54-44(48)37-35-33-31-29-27-25-23-18-16-14-12-10-8-6-4-2/h10-13,17,19,42-43H,3-9,14-16,18,20-41,47H2,1-2H3,(H,50,51)(H,52,53)/b12-10+,13-11+,19-17+/t42-,43+/m1/s1. The number of hydrogen-bond donors (Lipinski definition) is 3. The summed E-state index contributed by atoms with van der Waals surface area (Å²) < 4.78 is 32.7. The highest BCUT2D eigenvalue weighted by atomic mass is 31.2. The summed E-state index contributed by atoms with van der Waals surface area (Å²) in [7, 11) is -4.72. The van der Waals surface area contributed by atoms with E-state index >= 15 is 0 Å². The third-order valence-electron chi connectivity index (χ3n) is 9.86. The summed E-state index contributed by atoms with van der Waals surface area (Å²) in [5.41, 5.74) is 5.34. The number of phosphoric ester groups is 1. The third kappa shape index (κ3) is 40.5. The van der Waals surface area contributed by atoms with E-state index in [1.54, 1.807) is 0 Å². The van der Waals surface area contributed by atoms with Crippen LogP contribution in [0, 0.1) is 0 Å². The quantitative estimate of drug-likeness (QED) is 0.0231. The molecule has 0 aliphatic heterocycles. The summed E-state index contributed by atoms with van der Waals surface area (Å²) in [5.74, 6) is -2.38. The van der Waals surface area contributed by atoms with E-state index in [1.807, 2.05) is 0 Å². The summed E-state index contributed by atoms with van der Waals surface area (Å²) in [4.78, 5) is 46.0. The van der Waals surface area contributed by atoms with Gasteiger partial charge in [-0.15, -0.1) is 0 Å². The van der Waals surface area contributed by atoms with Crippen molar-refractivity contribution in [3.05, 3.63) is 36.5 Å². The van der Waals surface area contributed by atoms with Crippen molar-refractivity contribution in [2.45, 2.75) is 219 Å². The number of carbonyl (C=O) groups excluding carboxylic acids is 2. The van der Waals surface area contributed by atoms with Crippen LogP contribution in [-0.4, -0.2) is 59.9 Å². The predicted octanol–water partition coefficient (Wildman–Crippen LogP) is 12.4. The van der Waals surface area contributed by atoms with Gasteiger partial charge in [0.05, 0.1) is 13.2 Å². The Morgan fingerprint density at radius 2 is 0.931 bits per heavy atom. The van der Waals surface area contributed by atoms with Crippen LogP contribution in [0.4, 0.5) is 0 Å². The Bertz CT molecular complexity index is 1130. The van der Waals surface area contributed by atoms with Crippen LogP contribution < -0.4 is 5.73 Å². The minimum atomic E-state index is -4.72. The molecule has 12 heteroatoms. The van der Waals surface area contributed by atoms with Crippen LogP contribution >= 0.6 is 7.82 Å². The zero-order valence-electron chi connectivity index (χ0n) is 36.6. The molecule has 0 rings (SSSR count). The van der Waals surface area contributed by atoms with Gasteiger partial charge >= 0.3 is 25.7 Å². The molecule has 338 valence electrons. The maximum atomic E-state index is 12.7. The van der Waals surface area contributed by atoms with E-state index in [1.165, 1.54) is 116 Å². The molecule has 0 aromatic heterocycles. The van der Waals surface area contributed by atoms with Crippen molar-refractivity contribution in [1.82, 2.24) is 0 Å². The Hall–Kier alpha value is -2.30. The van der Waals surface area contributed by atoms with Gasteiger partial charge in [-0.05, 0) is 64.2 Å². The number of carboxylic acid groups (broad SMARTS) is 1. The molecule has 1 unspecified atom stereocenters. The van der Waals surface area contributed by atoms with Crippen LogP contribution in [0.1, 0.15) is 206 Å². The molecule has 0 fully saturated rings. The molecule has 11 nitrogen and oxygen atoms in total. The molecule has 0 saturated heterocycles. The Morgan fingerprint density at radius 3 is 1.41 bits per heavy atom. The van der Waals surface area contributed by atoms with E-state index in [2.05, 4.69) is 54.8 Å². The average Bonchev–Trinajstić information content (AvgIpc) is 3.20. The van der Waals surface area contributed by atoms with Gasteiger partial charge in [-0.25, -0.2) is 4.57 Å². The minimum absolute atomic E-state index is 0.157. The topological polar surface area (TPSA) is 172 Å². The van der Waals surface area contributed by atoms with E-state index in [4.69, 9.17) is 24.8 Å². The molecular weight excluding hydrogens is 757 g/mol. The van der Waals surface area contributed by atoms with Gasteiger partial charge in [0.1, 0.15) is 12.6 Å². The van der Waals surface area contributed by atoms with Crippen LogP contribution in [0.25, 0.3) is 0 Å². The van der Waals surface area contributed by atoms with Crippen molar-refractivity contribution in [3.63, 3.8) is 0 Å². The first-order chi connectivity index (χ1) is 28.1. The molecule has 58 heavy (non-hydrogen) atoms. The lowest BCUT2D eigenvalue weighted by Gasteiger charge is -2.20. The number of rotatable bonds is 43. The lowest BCUT2D eigenvalue weighted by molar-refractivity contribution is -0.161. The van der Waals surface area contributed by atoms with E-state index in [0.717, 1.165) is 51.4 Å². The number of nitrogens with two attached hydrogens (primary N) is 1. The SMILES string of the molecule is CCCC/C=C/CCCCCCCCCCCC(=O)OC[C@H](COP(=O)(O)OC[C@H](N)C(=O)O)OC(=O)CCCCCCCCCCC/C=C/C/C=C/CCCCC. The summed E-state index contributed by atoms with van der Waals surface area (Å²) in [6, 6.07) is -1.52. The highest BCUT2D eigenvalue weighted by Gasteiger charge is 2.28. The van der Waals surface area contributed by atoms with Crippen LogP contribution in [0.2, 0.25) is 0 Å². The fourth-order valence-electron chi connectivity index (χ4n) is 6.19. The molecule has 0 amide bonds. The van der Waals surface area contributed by atoms with Crippen molar-refractivity contribution >= 4 is 25.7 Å². The number of carboxylic acids is 1. The van der Waals surface area contributed by atoms with E-state index < -0.39 is 51.1 Å². The van der Waals surface area contributed by atoms with Crippen LogP contribution in [0.3, 0.4) is 0 Å². The summed E-state index contributed by atoms with van der Waals surface area (Å²) in [6.07, 6.45) is 44.8. The van der Waals surface area contributed by atoms with Gasteiger partial charge < -0.3 is 25.2 Å². The number of esters is 2. The first kappa shape index (κ1) is 55.7. The first-order valence-electron chi connectivity index (χ1n) is 23.0. The third-order valence-corrected chi connectivity index (χ3v) is 10.8. The maximum Gasteiger partial charge on any atom is 0.472 e. The van der Waals surface area contributed by atoms with Gasteiger partial charge in [0.2, 0.25) is 0 Å². The van der Waals surface area contributed by atoms with Crippen LogP contribution in [0.15, 0.2) is 36.5 Å². The highest BCUT2D eigenvalue weighted by molar-refractivity contribution is 7.47. The molecule has 0 saturated carbocycles. The Labute approximate surface area is 353 Å². The Kier molecular flexibility index (Phi) is 39.8. The van der Waals surface area contributed by atoms with Gasteiger partial charge in [-0.2, -0.15) is 0 Å². The summed E-state index contributed by atoms with van der Waals surface area (Å²) in [5, 5.41) is 8.90. The number of hydrogen-bond acceptors (Lipinski definition) is 9. The maximum absolute atomic E-state index is 12.7. The van der Waals surface area contributed by atoms with Crippen LogP contribution in [-0.2, 0) is 37.5 Å². The van der Waals surface area contributed by atoms with Crippen molar-refractivity contribution in [2.24, 2.45) is 5.73 Å². The molecule has 0 radical (unpaired) electrons. The lowest BCUT2D eigenvalue weighted by atomic mass is 10.1. The van der Waals surface area contributed by atoms with Crippen molar-refractivity contribution in [2.75, 3.05) is 19.8 Å². The molecule has 4 N–H and O–H groups in total. The second kappa shape index (κ2) is 41.4. The van der Waals surface area contributed by atoms with E-state index in [0.29, 0.717) is 12.8 Å². The predicted molar refractivity (Wildman–Crippen MR) is 235 cm³/mol. The van der Waals surface area contributed by atoms with Gasteiger partial charge in [-0.1, -0.05) is 166 Å². The number of aliphatic carboxylic acids is 1. The first-order valence-corrected chi connectivity index (χ1v) is 24.5. The molecule has 0 aromatic rings. The van der Waals surface area contributed by atoms with Gasteiger partial charge in [0, 0.05) is 12.8 Å². The van der Waals surface area contributed by atoms with Gasteiger partial charge in [0.15, 0.2) is 6.10 Å². The average molecular weight is 842 g/mol. The fourth-order valence-corrected chi connectivity index (χ4v) is 6.97. The minimum Gasteiger partial charge on any atom is -0.480 e. The normalized spacial score (nSPS) is 14.0. The van der Waals surface area contributed by atoms with Crippen molar-refractivity contribution in [1.29, 1.82) is 0 Å². The number of ether oxygens (including phenoxy) is 2. The second-order valence-electron chi connectivity index (χ2n) is 15.5. The van der Waals surface area contributed by atoms with E-state index in [-0.39, 0.29) is 19.4 Å². The summed E-state index contributed by atoms with van der Waals surface area (Å²) >= 11 is 0. The Balaban J connectivity index is 4.32. The number of phosphoric acid groups is 1. The fraction of sp³-hybridized carbons (Fsp3) is 0.804. The second-order valence-corrected chi connectivity index (χ2v) is 17.0. The van der Waals surface area contributed by atoms with Crippen LogP contribution in [0.5, 0.6) is 0 Å². The van der Waals surface area contributed by atoms with Crippen molar-refractivity contribution < 1.29 is 47.5 Å². The molecule has 0 heterocycles. The molecule has 0 bridgehead atoms.